The van der Waals surface area contributed by atoms with Gasteiger partial charge >= 0.3 is 0 Å². The molecule has 2 aromatic carbocycles. The zero-order valence-corrected chi connectivity index (χ0v) is 20.1. The second kappa shape index (κ2) is 12.7. The molecule has 0 fully saturated rings. The number of benzene rings is 2. The lowest BCUT2D eigenvalue weighted by Crippen LogP contribution is -2.22. The van der Waals surface area contributed by atoms with Crippen molar-refractivity contribution in [3.63, 3.8) is 0 Å². The first-order valence-corrected chi connectivity index (χ1v) is 11.9. The van der Waals surface area contributed by atoms with E-state index in [-0.39, 0.29) is 12.5 Å². The Morgan fingerprint density at radius 2 is 1.62 bits per heavy atom. The van der Waals surface area contributed by atoms with Gasteiger partial charge in [0.05, 0.1) is 11.7 Å². The van der Waals surface area contributed by atoms with Crippen LogP contribution in [0, 0.1) is 5.92 Å². The van der Waals surface area contributed by atoms with Crippen LogP contribution < -0.4 is 0 Å². The summed E-state index contributed by atoms with van der Waals surface area (Å²) in [5.74, 6) is -0.169. The van der Waals surface area contributed by atoms with Gasteiger partial charge in [0.15, 0.2) is 0 Å². The molecule has 0 aliphatic heterocycles. The van der Waals surface area contributed by atoms with E-state index in [2.05, 4.69) is 49.4 Å². The smallest absolute Gasteiger partial charge is 0.0837 e. The number of allylic oxidation sites excluding steroid dienone is 3. The van der Waals surface area contributed by atoms with Crippen LogP contribution in [0.15, 0.2) is 66.8 Å². The van der Waals surface area contributed by atoms with Crippen molar-refractivity contribution < 1.29 is 15.3 Å². The predicted octanol–water partition coefficient (Wildman–Crippen LogP) is 6.03. The zero-order chi connectivity index (χ0) is 23.6. The van der Waals surface area contributed by atoms with E-state index < -0.39 is 11.7 Å². The molecule has 0 saturated heterocycles. The molecule has 3 nitrogen and oxygen atoms in total. The van der Waals surface area contributed by atoms with Crippen LogP contribution in [0.3, 0.4) is 0 Å². The molecular formula is C29H40O3. The third kappa shape index (κ3) is 7.44. The van der Waals surface area contributed by atoms with Crippen LogP contribution >= 0.6 is 0 Å². The van der Waals surface area contributed by atoms with E-state index in [9.17, 15) is 15.3 Å². The van der Waals surface area contributed by atoms with Crippen molar-refractivity contribution in [2.24, 2.45) is 5.92 Å². The molecule has 3 N–H and O–H groups in total. The van der Waals surface area contributed by atoms with Crippen molar-refractivity contribution in [1.29, 1.82) is 0 Å². The molecule has 0 aromatic heterocycles. The van der Waals surface area contributed by atoms with E-state index in [1.165, 1.54) is 22.3 Å². The fourth-order valence-electron chi connectivity index (χ4n) is 3.77. The van der Waals surface area contributed by atoms with Crippen molar-refractivity contribution in [2.75, 3.05) is 6.61 Å². The van der Waals surface area contributed by atoms with Gasteiger partial charge in [-0.25, -0.2) is 0 Å². The van der Waals surface area contributed by atoms with Gasteiger partial charge in [0.1, 0.15) is 0 Å². The van der Waals surface area contributed by atoms with Gasteiger partial charge in [0.25, 0.3) is 0 Å². The molecule has 174 valence electrons. The second-order valence-electron chi connectivity index (χ2n) is 8.76. The molecule has 3 heteroatoms. The van der Waals surface area contributed by atoms with Gasteiger partial charge < -0.3 is 15.3 Å². The largest absolute Gasteiger partial charge is 0.396 e. The standard InChI is InChI=1S/C29H40O3/c1-5-25(12-9-19-29(32,6-2)7-3)27-11-8-10-24(20-27)14-13-23-15-17-26(18-16-23)28(31)22(4)21-30/h8-12,15-20,22,28,30-32H,5-7,13-14,21H2,1-4H3/b19-9+,25-12+. The molecule has 0 aliphatic carbocycles. The van der Waals surface area contributed by atoms with E-state index in [0.29, 0.717) is 12.8 Å². The highest BCUT2D eigenvalue weighted by molar-refractivity contribution is 5.67. The van der Waals surface area contributed by atoms with E-state index in [1.807, 2.05) is 45.1 Å². The number of aliphatic hydroxyl groups excluding tert-OH is 2. The Labute approximate surface area is 194 Å². The Hall–Kier alpha value is -2.20. The first-order chi connectivity index (χ1) is 15.4. The zero-order valence-electron chi connectivity index (χ0n) is 20.1. The number of hydrogen-bond donors (Lipinski definition) is 3. The molecule has 2 rings (SSSR count). The monoisotopic (exact) mass is 436 g/mol. The summed E-state index contributed by atoms with van der Waals surface area (Å²) in [6.07, 6.45) is 9.62. The van der Waals surface area contributed by atoms with Crippen LogP contribution in [-0.4, -0.2) is 27.5 Å². The number of hydrogen-bond acceptors (Lipinski definition) is 3. The number of aryl methyl sites for hydroxylation is 2. The Morgan fingerprint density at radius 1 is 0.969 bits per heavy atom. The summed E-state index contributed by atoms with van der Waals surface area (Å²) in [5.41, 5.74) is 5.13. The lowest BCUT2D eigenvalue weighted by molar-refractivity contribution is 0.0770. The average molecular weight is 437 g/mol. The van der Waals surface area contributed by atoms with Crippen molar-refractivity contribution in [3.8, 4) is 0 Å². The third-order valence-electron chi connectivity index (χ3n) is 6.46. The Morgan fingerprint density at radius 3 is 2.22 bits per heavy atom. The van der Waals surface area contributed by atoms with Gasteiger partial charge in [-0.15, -0.1) is 0 Å². The van der Waals surface area contributed by atoms with Gasteiger partial charge in [-0.2, -0.15) is 0 Å². The van der Waals surface area contributed by atoms with E-state index in [1.54, 1.807) is 0 Å². The van der Waals surface area contributed by atoms with Crippen LogP contribution in [0.25, 0.3) is 5.57 Å². The average Bonchev–Trinajstić information content (AvgIpc) is 2.84. The molecule has 0 amide bonds. The van der Waals surface area contributed by atoms with Gasteiger partial charge in [0.2, 0.25) is 0 Å². The van der Waals surface area contributed by atoms with Gasteiger partial charge in [-0.05, 0) is 59.9 Å². The van der Waals surface area contributed by atoms with Crippen LogP contribution in [0.4, 0.5) is 0 Å². The predicted molar refractivity (Wildman–Crippen MR) is 134 cm³/mol. The number of aliphatic hydroxyl groups is 3. The maximum Gasteiger partial charge on any atom is 0.0837 e. The molecule has 0 radical (unpaired) electrons. The first-order valence-electron chi connectivity index (χ1n) is 11.9. The molecular weight excluding hydrogens is 396 g/mol. The molecule has 2 aromatic rings. The van der Waals surface area contributed by atoms with Crippen molar-refractivity contribution >= 4 is 5.57 Å². The van der Waals surface area contributed by atoms with Crippen molar-refractivity contribution in [1.82, 2.24) is 0 Å². The fourth-order valence-corrected chi connectivity index (χ4v) is 3.77. The normalized spacial score (nSPS) is 14.7. The molecule has 0 spiro atoms. The maximum atomic E-state index is 10.5. The SMILES string of the molecule is CC/C(=C\C=C\C(O)(CC)CC)c1cccc(CCc2ccc(C(O)C(C)CO)cc2)c1. The highest BCUT2D eigenvalue weighted by Gasteiger charge is 2.17. The van der Waals surface area contributed by atoms with Crippen LogP contribution in [-0.2, 0) is 12.8 Å². The molecule has 2 unspecified atom stereocenters. The van der Waals surface area contributed by atoms with Gasteiger partial charge in [-0.1, -0.05) is 94.5 Å². The van der Waals surface area contributed by atoms with Crippen LogP contribution in [0.5, 0.6) is 0 Å². The highest BCUT2D eigenvalue weighted by atomic mass is 16.3. The van der Waals surface area contributed by atoms with Crippen LogP contribution in [0.1, 0.15) is 75.3 Å². The minimum atomic E-state index is -0.723. The molecule has 32 heavy (non-hydrogen) atoms. The summed E-state index contributed by atoms with van der Waals surface area (Å²) in [5, 5.41) is 29.9. The quantitative estimate of drug-likeness (QED) is 0.356. The van der Waals surface area contributed by atoms with Gasteiger partial charge in [0, 0.05) is 12.5 Å². The Balaban J connectivity index is 2.06. The van der Waals surface area contributed by atoms with Crippen LogP contribution in [0.2, 0.25) is 0 Å². The maximum absolute atomic E-state index is 10.5. The summed E-state index contributed by atoms with van der Waals surface area (Å²) in [6, 6.07) is 16.7. The molecule has 2 atom stereocenters. The van der Waals surface area contributed by atoms with E-state index >= 15 is 0 Å². The van der Waals surface area contributed by atoms with Crippen molar-refractivity contribution in [2.45, 2.75) is 71.5 Å². The minimum Gasteiger partial charge on any atom is -0.396 e. The lowest BCUT2D eigenvalue weighted by Gasteiger charge is -2.20. The summed E-state index contributed by atoms with van der Waals surface area (Å²) in [4.78, 5) is 0. The summed E-state index contributed by atoms with van der Waals surface area (Å²) < 4.78 is 0. The summed E-state index contributed by atoms with van der Waals surface area (Å²) >= 11 is 0. The second-order valence-corrected chi connectivity index (χ2v) is 8.76. The fraction of sp³-hybridized carbons (Fsp3) is 0.448. The topological polar surface area (TPSA) is 60.7 Å². The van der Waals surface area contributed by atoms with E-state index in [0.717, 1.165) is 24.8 Å². The lowest BCUT2D eigenvalue weighted by atomic mass is 9.94. The van der Waals surface area contributed by atoms with E-state index in [4.69, 9.17) is 0 Å². The Bertz CT molecular complexity index is 876. The third-order valence-corrected chi connectivity index (χ3v) is 6.46. The molecule has 0 saturated carbocycles. The number of rotatable bonds is 12. The summed E-state index contributed by atoms with van der Waals surface area (Å²) in [7, 11) is 0. The molecule has 0 heterocycles. The summed E-state index contributed by atoms with van der Waals surface area (Å²) in [6.45, 7) is 7.99. The highest BCUT2D eigenvalue weighted by Crippen LogP contribution is 2.24. The minimum absolute atomic E-state index is 0.0265. The first kappa shape index (κ1) is 26.1. The van der Waals surface area contributed by atoms with Gasteiger partial charge in [-0.3, -0.25) is 0 Å². The molecule has 0 aliphatic rings. The molecule has 0 bridgehead atoms. The Kier molecular flexibility index (Phi) is 10.4. The van der Waals surface area contributed by atoms with Crippen molar-refractivity contribution in [3.05, 3.63) is 89.0 Å².